The van der Waals surface area contributed by atoms with E-state index in [4.69, 9.17) is 0 Å². The average Bonchev–Trinajstić information content (AvgIpc) is 1.77. The summed E-state index contributed by atoms with van der Waals surface area (Å²) in [7, 11) is 0. The Balaban J connectivity index is 2.54. The Morgan fingerprint density at radius 1 is 1.62 bits per heavy atom. The molecule has 0 amide bonds. The van der Waals surface area contributed by atoms with E-state index in [1.54, 1.807) is 10.2 Å². The summed E-state index contributed by atoms with van der Waals surface area (Å²) in [5.74, 6) is 0. The summed E-state index contributed by atoms with van der Waals surface area (Å²) < 4.78 is 1.57. The van der Waals surface area contributed by atoms with Gasteiger partial charge in [0.15, 0.2) is 0 Å². The fourth-order valence-electron chi connectivity index (χ4n) is 0.369. The highest BCUT2D eigenvalue weighted by Crippen LogP contribution is 2.09. The van der Waals surface area contributed by atoms with Crippen LogP contribution in [0.25, 0.3) is 0 Å². The van der Waals surface area contributed by atoms with Crippen LogP contribution in [0.3, 0.4) is 0 Å². The van der Waals surface area contributed by atoms with Gasteiger partial charge < -0.3 is 0 Å². The van der Waals surface area contributed by atoms with Crippen molar-refractivity contribution in [3.63, 3.8) is 0 Å². The lowest BCUT2D eigenvalue weighted by molar-refractivity contribution is 0.693. The fourth-order valence-corrected chi connectivity index (χ4v) is 0.853. The van der Waals surface area contributed by atoms with Crippen molar-refractivity contribution < 1.29 is 0 Å². The van der Waals surface area contributed by atoms with Crippen LogP contribution in [0.2, 0.25) is 0 Å². The molecule has 1 aliphatic heterocycles. The molecule has 0 saturated heterocycles. The first-order chi connectivity index (χ1) is 3.79. The summed E-state index contributed by atoms with van der Waals surface area (Å²) in [5.41, 5.74) is 0. The number of hydrogen-bond donors (Lipinski definition) is 0. The molecule has 0 fully saturated rings. The van der Waals surface area contributed by atoms with Gasteiger partial charge in [-0.25, -0.2) is 4.03 Å². The highest BCUT2D eigenvalue weighted by molar-refractivity contribution is 9.10. The molecule has 1 heterocycles. The third-order valence-electron chi connectivity index (χ3n) is 0.712. The van der Waals surface area contributed by atoms with Crippen LogP contribution in [0.4, 0.5) is 0 Å². The van der Waals surface area contributed by atoms with Crippen LogP contribution in [-0.4, -0.2) is 15.1 Å². The number of rotatable bonds is 0. The Morgan fingerprint density at radius 2 is 2.38 bits per heavy atom. The largest absolute Gasteiger partial charge is 0.206 e. The molecular weight excluding hydrogens is 236 g/mol. The van der Waals surface area contributed by atoms with Crippen molar-refractivity contribution >= 4 is 38.3 Å². The van der Waals surface area contributed by atoms with Crippen LogP contribution in [0, 0.1) is 0 Å². The van der Waals surface area contributed by atoms with Crippen molar-refractivity contribution in [3.05, 3.63) is 12.3 Å². The highest BCUT2D eigenvalue weighted by Gasteiger charge is 1.99. The molecular formula is C4H4Br2N2. The maximum atomic E-state index is 3.90. The summed E-state index contributed by atoms with van der Waals surface area (Å²) in [4.78, 5) is 0.288. The van der Waals surface area contributed by atoms with Crippen molar-refractivity contribution in [2.45, 2.75) is 4.83 Å². The van der Waals surface area contributed by atoms with E-state index in [1.807, 2.05) is 12.3 Å². The minimum atomic E-state index is 0.288. The fraction of sp³-hybridized carbons (Fsp3) is 0.250. The molecule has 0 aromatic carbocycles. The summed E-state index contributed by atoms with van der Waals surface area (Å²) in [6.07, 6.45) is 5.59. The molecule has 44 valence electrons. The van der Waals surface area contributed by atoms with Crippen molar-refractivity contribution in [1.29, 1.82) is 0 Å². The predicted octanol–water partition coefficient (Wildman–Crippen LogP) is 1.87. The Bertz CT molecular complexity index is 104. The van der Waals surface area contributed by atoms with Crippen LogP contribution in [0.15, 0.2) is 17.4 Å². The van der Waals surface area contributed by atoms with Gasteiger partial charge in [0.2, 0.25) is 0 Å². The molecule has 8 heavy (non-hydrogen) atoms. The van der Waals surface area contributed by atoms with Gasteiger partial charge in [-0.2, -0.15) is 5.10 Å². The monoisotopic (exact) mass is 238 g/mol. The molecule has 0 aliphatic carbocycles. The minimum absolute atomic E-state index is 0.288. The molecule has 4 heteroatoms. The normalized spacial score (nSPS) is 26.8. The first kappa shape index (κ1) is 6.29. The average molecular weight is 240 g/mol. The Morgan fingerprint density at radius 3 is 2.75 bits per heavy atom. The molecule has 1 aliphatic rings. The van der Waals surface area contributed by atoms with E-state index in [2.05, 4.69) is 37.2 Å². The summed E-state index contributed by atoms with van der Waals surface area (Å²) >= 11 is 6.48. The number of nitrogens with zero attached hydrogens (tertiary/aromatic N) is 2. The molecule has 0 bridgehead atoms. The topological polar surface area (TPSA) is 15.6 Å². The van der Waals surface area contributed by atoms with Gasteiger partial charge >= 0.3 is 0 Å². The second-order valence-corrected chi connectivity index (χ2v) is 3.12. The second kappa shape index (κ2) is 2.64. The second-order valence-electron chi connectivity index (χ2n) is 1.34. The van der Waals surface area contributed by atoms with E-state index in [0.717, 1.165) is 0 Å². The lowest BCUT2D eigenvalue weighted by Crippen LogP contribution is -2.05. The van der Waals surface area contributed by atoms with Gasteiger partial charge in [-0.05, 0) is 6.08 Å². The molecule has 1 atom stereocenters. The highest BCUT2D eigenvalue weighted by atomic mass is 79.9. The maximum Gasteiger partial charge on any atom is 0.0743 e. The molecule has 0 aromatic rings. The molecule has 0 N–H and O–H groups in total. The first-order valence-corrected chi connectivity index (χ1v) is 3.73. The van der Waals surface area contributed by atoms with E-state index < -0.39 is 0 Å². The lowest BCUT2D eigenvalue weighted by Gasteiger charge is -2.08. The van der Waals surface area contributed by atoms with E-state index in [0.29, 0.717) is 0 Å². The quantitative estimate of drug-likeness (QED) is 0.466. The molecule has 0 saturated carbocycles. The van der Waals surface area contributed by atoms with Crippen LogP contribution < -0.4 is 0 Å². The van der Waals surface area contributed by atoms with E-state index in [1.165, 1.54) is 0 Å². The molecule has 0 aromatic heterocycles. The molecule has 2 nitrogen and oxygen atoms in total. The van der Waals surface area contributed by atoms with Gasteiger partial charge in [0, 0.05) is 12.4 Å². The Hall–Kier alpha value is 0.170. The van der Waals surface area contributed by atoms with Crippen molar-refractivity contribution in [2.24, 2.45) is 5.10 Å². The number of alkyl halides is 1. The van der Waals surface area contributed by atoms with E-state index in [9.17, 15) is 0 Å². The van der Waals surface area contributed by atoms with Gasteiger partial charge in [-0.15, -0.1) is 0 Å². The van der Waals surface area contributed by atoms with Crippen molar-refractivity contribution in [2.75, 3.05) is 0 Å². The summed E-state index contributed by atoms with van der Waals surface area (Å²) in [5, 5.41) is 3.90. The molecule has 0 radical (unpaired) electrons. The van der Waals surface area contributed by atoms with Crippen LogP contribution in [-0.2, 0) is 0 Å². The van der Waals surface area contributed by atoms with Crippen LogP contribution >= 0.6 is 32.1 Å². The summed E-state index contributed by atoms with van der Waals surface area (Å²) in [6.45, 7) is 0. The third kappa shape index (κ3) is 1.59. The van der Waals surface area contributed by atoms with Crippen molar-refractivity contribution in [3.8, 4) is 0 Å². The SMILES string of the molecule is BrC1C=CN(Br)N=C1. The molecule has 1 rings (SSSR count). The zero-order chi connectivity index (χ0) is 5.98. The van der Waals surface area contributed by atoms with Gasteiger partial charge in [0.1, 0.15) is 0 Å². The molecule has 0 spiro atoms. The number of halogens is 2. The van der Waals surface area contributed by atoms with E-state index >= 15 is 0 Å². The zero-order valence-electron chi connectivity index (χ0n) is 3.96. The van der Waals surface area contributed by atoms with Gasteiger partial charge in [-0.3, -0.25) is 0 Å². The first-order valence-electron chi connectivity index (χ1n) is 2.10. The predicted molar refractivity (Wildman–Crippen MR) is 41.1 cm³/mol. The Kier molecular flexibility index (Phi) is 2.08. The number of allylic oxidation sites excluding steroid dienone is 1. The van der Waals surface area contributed by atoms with Crippen LogP contribution in [0.5, 0.6) is 0 Å². The zero-order valence-corrected chi connectivity index (χ0v) is 7.13. The van der Waals surface area contributed by atoms with Crippen molar-refractivity contribution in [1.82, 2.24) is 4.03 Å². The minimum Gasteiger partial charge on any atom is -0.206 e. The molecule has 1 unspecified atom stereocenters. The smallest absolute Gasteiger partial charge is 0.0743 e. The third-order valence-corrected chi connectivity index (χ3v) is 1.67. The number of hydrogen-bond acceptors (Lipinski definition) is 2. The van der Waals surface area contributed by atoms with Gasteiger partial charge in [0.25, 0.3) is 0 Å². The standard InChI is InChI=1S/C4H4Br2N2/c5-4-1-2-8(6)7-3-4/h1-4H. The number of hydrazone groups is 1. The van der Waals surface area contributed by atoms with Gasteiger partial charge in [0.05, 0.1) is 21.0 Å². The maximum absolute atomic E-state index is 3.90. The van der Waals surface area contributed by atoms with Crippen LogP contribution in [0.1, 0.15) is 0 Å². The summed E-state index contributed by atoms with van der Waals surface area (Å²) in [6, 6.07) is 0. The van der Waals surface area contributed by atoms with E-state index in [-0.39, 0.29) is 4.83 Å². The lowest BCUT2D eigenvalue weighted by atomic mass is 10.4. The van der Waals surface area contributed by atoms with Gasteiger partial charge in [-0.1, -0.05) is 15.9 Å². The Labute approximate surface area is 64.7 Å².